The van der Waals surface area contributed by atoms with Gasteiger partial charge in [0.2, 0.25) is 5.95 Å². The molecule has 0 bridgehead atoms. The zero-order valence-corrected chi connectivity index (χ0v) is 17.1. The zero-order chi connectivity index (χ0) is 20.8. The smallest absolute Gasteiger partial charge is 0.321 e. The monoisotopic (exact) mass is 395 g/mol. The number of hydrogen-bond donors (Lipinski definition) is 5. The van der Waals surface area contributed by atoms with E-state index in [0.717, 1.165) is 38.6 Å². The number of nitrogens with zero attached hydrogens (tertiary/aromatic N) is 2. The number of aromatic amines is 1. The summed E-state index contributed by atoms with van der Waals surface area (Å²) in [6, 6.07) is 0.827. The molecule has 0 aliphatic heterocycles. The number of unbranched alkanes of at least 4 members (excludes halogenated alkanes) is 3. The highest BCUT2D eigenvalue weighted by molar-refractivity contribution is 5.87. The first-order valence-corrected chi connectivity index (χ1v) is 9.66. The van der Waals surface area contributed by atoms with Crippen molar-refractivity contribution in [1.29, 1.82) is 0 Å². The lowest BCUT2D eigenvalue weighted by molar-refractivity contribution is 0.240. The van der Waals surface area contributed by atoms with Gasteiger partial charge in [0.05, 0.1) is 0 Å². The van der Waals surface area contributed by atoms with Gasteiger partial charge in [-0.15, -0.1) is 0 Å². The summed E-state index contributed by atoms with van der Waals surface area (Å²) in [7, 11) is 4.01. The van der Waals surface area contributed by atoms with Crippen LogP contribution in [-0.4, -0.2) is 67.2 Å². The predicted molar refractivity (Wildman–Crippen MR) is 110 cm³/mol. The number of anilines is 1. The second-order valence-electron chi connectivity index (χ2n) is 6.87. The Bertz CT molecular complexity index is 661. The first kappa shape index (κ1) is 23.4. The highest BCUT2D eigenvalue weighted by atomic mass is 16.2. The molecule has 1 heterocycles. The van der Waals surface area contributed by atoms with Gasteiger partial charge in [0, 0.05) is 31.4 Å². The number of hydrogen-bond acceptors (Lipinski definition) is 5. The Labute approximate surface area is 165 Å². The summed E-state index contributed by atoms with van der Waals surface area (Å²) in [5, 5.41) is 10.9. The molecule has 10 nitrogen and oxygen atoms in total. The summed E-state index contributed by atoms with van der Waals surface area (Å²) < 4.78 is 0. The fourth-order valence-corrected chi connectivity index (χ4v) is 2.46. The standard InChI is InChI=1S/C18H33N7O3/c1-14-13-15(26)23-16(22-14)24-18(28)21-10-7-5-4-6-9-19-17(27)20-11-8-12-25(2)3/h13H,4-12H2,1-3H3,(H2,19,20,27)(H3,21,22,23,24,26,28). The fraction of sp³-hybridized carbons (Fsp3) is 0.667. The third-order valence-electron chi connectivity index (χ3n) is 3.84. The van der Waals surface area contributed by atoms with E-state index in [4.69, 9.17) is 0 Å². The number of nitrogens with one attached hydrogen (secondary N) is 5. The van der Waals surface area contributed by atoms with E-state index in [1.165, 1.54) is 6.07 Å². The fourth-order valence-electron chi connectivity index (χ4n) is 2.46. The number of rotatable bonds is 12. The Morgan fingerprint density at radius 3 is 2.11 bits per heavy atom. The van der Waals surface area contributed by atoms with Crippen molar-refractivity contribution in [3.8, 4) is 0 Å². The van der Waals surface area contributed by atoms with Gasteiger partial charge in [-0.3, -0.25) is 15.1 Å². The summed E-state index contributed by atoms with van der Waals surface area (Å²) in [6.45, 7) is 4.47. The Morgan fingerprint density at radius 1 is 0.964 bits per heavy atom. The highest BCUT2D eigenvalue weighted by Gasteiger charge is 2.04. The van der Waals surface area contributed by atoms with Crippen LogP contribution >= 0.6 is 0 Å². The summed E-state index contributed by atoms with van der Waals surface area (Å²) in [5.74, 6) is 0.133. The minimum Gasteiger partial charge on any atom is -0.338 e. The van der Waals surface area contributed by atoms with E-state index in [9.17, 15) is 14.4 Å². The average molecular weight is 396 g/mol. The maximum absolute atomic E-state index is 11.7. The molecule has 10 heteroatoms. The maximum Gasteiger partial charge on any atom is 0.321 e. The second kappa shape index (κ2) is 13.5. The molecule has 0 unspecified atom stereocenters. The van der Waals surface area contributed by atoms with E-state index in [-0.39, 0.29) is 17.5 Å². The largest absolute Gasteiger partial charge is 0.338 e. The molecule has 0 saturated carbocycles. The molecular formula is C18H33N7O3. The molecule has 0 fully saturated rings. The van der Waals surface area contributed by atoms with Gasteiger partial charge in [-0.05, 0) is 46.8 Å². The Balaban J connectivity index is 1.97. The number of aromatic nitrogens is 2. The van der Waals surface area contributed by atoms with E-state index >= 15 is 0 Å². The number of amides is 4. The first-order valence-electron chi connectivity index (χ1n) is 9.66. The zero-order valence-electron chi connectivity index (χ0n) is 17.1. The molecular weight excluding hydrogens is 362 g/mol. The van der Waals surface area contributed by atoms with E-state index < -0.39 is 6.03 Å². The van der Waals surface area contributed by atoms with Gasteiger partial charge in [0.25, 0.3) is 5.56 Å². The van der Waals surface area contributed by atoms with Crippen molar-refractivity contribution in [2.24, 2.45) is 0 Å². The predicted octanol–water partition coefficient (Wildman–Crippen LogP) is 1.01. The van der Waals surface area contributed by atoms with Crippen LogP contribution in [0.2, 0.25) is 0 Å². The third-order valence-corrected chi connectivity index (χ3v) is 3.84. The van der Waals surface area contributed by atoms with Crippen molar-refractivity contribution >= 4 is 18.0 Å². The normalized spacial score (nSPS) is 10.6. The first-order chi connectivity index (χ1) is 13.4. The van der Waals surface area contributed by atoms with Crippen molar-refractivity contribution in [1.82, 2.24) is 30.8 Å². The third kappa shape index (κ3) is 11.9. The van der Waals surface area contributed by atoms with E-state index in [1.54, 1.807) is 6.92 Å². The topological polar surface area (TPSA) is 131 Å². The van der Waals surface area contributed by atoms with E-state index in [1.807, 2.05) is 14.1 Å². The lowest BCUT2D eigenvalue weighted by Crippen LogP contribution is -2.37. The van der Waals surface area contributed by atoms with Crippen LogP contribution in [0.25, 0.3) is 0 Å². The molecule has 0 spiro atoms. The number of urea groups is 2. The van der Waals surface area contributed by atoms with Crippen molar-refractivity contribution in [2.45, 2.75) is 39.0 Å². The number of carbonyl (C=O) groups excluding carboxylic acids is 2. The lowest BCUT2D eigenvalue weighted by atomic mass is 10.2. The molecule has 4 amide bonds. The van der Waals surface area contributed by atoms with Crippen LogP contribution in [0.1, 0.15) is 37.8 Å². The highest BCUT2D eigenvalue weighted by Crippen LogP contribution is 1.99. The van der Waals surface area contributed by atoms with Gasteiger partial charge in [0.1, 0.15) is 0 Å². The van der Waals surface area contributed by atoms with Crippen LogP contribution in [0.3, 0.4) is 0 Å². The molecule has 0 aliphatic carbocycles. The van der Waals surface area contributed by atoms with Crippen molar-refractivity contribution in [3.05, 3.63) is 22.1 Å². The molecule has 0 aromatic carbocycles. The van der Waals surface area contributed by atoms with Gasteiger partial charge < -0.3 is 20.9 Å². The van der Waals surface area contributed by atoms with Gasteiger partial charge in [-0.2, -0.15) is 0 Å². The molecule has 158 valence electrons. The van der Waals surface area contributed by atoms with E-state index in [0.29, 0.717) is 25.3 Å². The molecule has 1 rings (SSSR count). The maximum atomic E-state index is 11.7. The van der Waals surface area contributed by atoms with E-state index in [2.05, 4.69) is 36.1 Å². The number of carbonyl (C=O) groups is 2. The summed E-state index contributed by atoms with van der Waals surface area (Å²) in [6.07, 6.45) is 4.58. The Kier molecular flexibility index (Phi) is 11.3. The van der Waals surface area contributed by atoms with Crippen LogP contribution in [0, 0.1) is 6.92 Å². The van der Waals surface area contributed by atoms with Crippen molar-refractivity contribution in [3.63, 3.8) is 0 Å². The summed E-state index contributed by atoms with van der Waals surface area (Å²) in [4.78, 5) is 43.2. The minimum atomic E-state index is -0.402. The second-order valence-corrected chi connectivity index (χ2v) is 6.87. The minimum absolute atomic E-state index is 0.125. The van der Waals surface area contributed by atoms with Crippen molar-refractivity contribution < 1.29 is 9.59 Å². The van der Waals surface area contributed by atoms with Crippen LogP contribution in [0.5, 0.6) is 0 Å². The Morgan fingerprint density at radius 2 is 1.54 bits per heavy atom. The SMILES string of the molecule is Cc1cc(=O)[nH]c(NC(=O)NCCCCCCNC(=O)NCCCN(C)C)n1. The number of H-pyrrole nitrogens is 1. The van der Waals surface area contributed by atoms with Gasteiger partial charge in [-0.25, -0.2) is 14.6 Å². The molecule has 1 aromatic heterocycles. The molecule has 0 aliphatic rings. The summed E-state index contributed by atoms with van der Waals surface area (Å²) >= 11 is 0. The van der Waals surface area contributed by atoms with Crippen molar-refractivity contribution in [2.75, 3.05) is 45.6 Å². The Hall–Kier alpha value is -2.62. The molecule has 0 atom stereocenters. The van der Waals surface area contributed by atoms with Gasteiger partial charge >= 0.3 is 12.1 Å². The molecule has 0 saturated heterocycles. The van der Waals surface area contributed by atoms with Crippen LogP contribution in [0.15, 0.2) is 10.9 Å². The van der Waals surface area contributed by atoms with Gasteiger partial charge in [0.15, 0.2) is 0 Å². The van der Waals surface area contributed by atoms with Gasteiger partial charge in [-0.1, -0.05) is 12.8 Å². The molecule has 28 heavy (non-hydrogen) atoms. The average Bonchev–Trinajstić information content (AvgIpc) is 2.60. The number of aryl methyl sites for hydroxylation is 1. The van der Waals surface area contributed by atoms with Crippen LogP contribution in [-0.2, 0) is 0 Å². The molecule has 5 N–H and O–H groups in total. The molecule has 1 aromatic rings. The van der Waals surface area contributed by atoms with Crippen LogP contribution < -0.4 is 26.8 Å². The lowest BCUT2D eigenvalue weighted by Gasteiger charge is -2.10. The summed E-state index contributed by atoms with van der Waals surface area (Å²) in [5.41, 5.74) is 0.230. The van der Waals surface area contributed by atoms with Crippen LogP contribution in [0.4, 0.5) is 15.5 Å². The quantitative estimate of drug-likeness (QED) is 0.337. The molecule has 0 radical (unpaired) electrons.